The number of nitrogens with one attached hydrogen (secondary N) is 3. The smallest absolute Gasteiger partial charge is 0.240 e. The van der Waals surface area contributed by atoms with Crippen molar-refractivity contribution in [2.45, 2.75) is 127 Å². The Morgan fingerprint density at radius 1 is 0.884 bits per heavy atom. The van der Waals surface area contributed by atoms with Crippen LogP contribution in [0.15, 0.2) is 54.6 Å². The Bertz CT molecular complexity index is 1160. The Hall–Kier alpha value is -2.32. The van der Waals surface area contributed by atoms with Crippen LogP contribution in [0.2, 0.25) is 0 Å². The number of hydrazine groups is 1. The van der Waals surface area contributed by atoms with Crippen molar-refractivity contribution in [3.05, 3.63) is 71.5 Å². The van der Waals surface area contributed by atoms with Crippen LogP contribution in [0, 0.1) is 17.7 Å². The summed E-state index contributed by atoms with van der Waals surface area (Å²) in [6, 6.07) is 16.9. The first-order valence-corrected chi connectivity index (χ1v) is 17.1. The van der Waals surface area contributed by atoms with Crippen molar-refractivity contribution in [2.75, 3.05) is 6.54 Å². The molecule has 6 nitrogen and oxygen atoms in total. The number of carbonyl (C=O) groups is 1. The van der Waals surface area contributed by atoms with Crippen molar-refractivity contribution in [2.24, 2.45) is 11.8 Å². The van der Waals surface area contributed by atoms with E-state index in [-0.39, 0.29) is 35.3 Å². The van der Waals surface area contributed by atoms with E-state index < -0.39 is 6.04 Å². The molecular weight excluding hydrogens is 539 g/mol. The van der Waals surface area contributed by atoms with Crippen LogP contribution in [0.3, 0.4) is 0 Å². The second-order valence-corrected chi connectivity index (χ2v) is 13.7. The van der Waals surface area contributed by atoms with Crippen molar-refractivity contribution in [3.8, 4) is 0 Å². The molecule has 0 bridgehead atoms. The van der Waals surface area contributed by atoms with E-state index in [2.05, 4.69) is 51.6 Å². The lowest BCUT2D eigenvalue weighted by Gasteiger charge is -2.38. The van der Waals surface area contributed by atoms with E-state index in [0.29, 0.717) is 5.92 Å². The topological polar surface area (TPSA) is 65.6 Å². The SMILES string of the molecule is O=C(NC1CN(Cc2ccccc2)NC12CCCCCCC2)C1NOC(c2cccc(F)c2)C1C1CCCCCCCC1. The van der Waals surface area contributed by atoms with Crippen molar-refractivity contribution in [1.82, 2.24) is 21.2 Å². The van der Waals surface area contributed by atoms with Gasteiger partial charge in [-0.15, -0.1) is 0 Å². The summed E-state index contributed by atoms with van der Waals surface area (Å²) in [5, 5.41) is 5.90. The number of hydroxylamine groups is 1. The van der Waals surface area contributed by atoms with Gasteiger partial charge in [0, 0.05) is 19.0 Å². The molecule has 1 spiro atoms. The molecule has 234 valence electrons. The number of carbonyl (C=O) groups excluding carboxylic acids is 1. The molecule has 1 amide bonds. The number of halogens is 1. The van der Waals surface area contributed by atoms with E-state index in [1.54, 1.807) is 12.1 Å². The summed E-state index contributed by atoms with van der Waals surface area (Å²) in [4.78, 5) is 20.6. The zero-order chi connectivity index (χ0) is 29.5. The summed E-state index contributed by atoms with van der Waals surface area (Å²) in [7, 11) is 0. The molecule has 2 saturated heterocycles. The number of rotatable bonds is 6. The Morgan fingerprint density at radius 2 is 1.56 bits per heavy atom. The molecule has 4 unspecified atom stereocenters. The fraction of sp³-hybridized carbons (Fsp3) is 0.639. The average molecular weight is 591 g/mol. The number of hydrogen-bond donors (Lipinski definition) is 3. The molecule has 3 N–H and O–H groups in total. The van der Waals surface area contributed by atoms with Gasteiger partial charge in [-0.05, 0) is 54.9 Å². The monoisotopic (exact) mass is 590 g/mol. The maximum absolute atomic E-state index is 14.4. The van der Waals surface area contributed by atoms with Gasteiger partial charge < -0.3 is 5.32 Å². The summed E-state index contributed by atoms with van der Waals surface area (Å²) >= 11 is 0. The lowest BCUT2D eigenvalue weighted by molar-refractivity contribution is -0.126. The highest BCUT2D eigenvalue weighted by Crippen LogP contribution is 2.43. The first kappa shape index (κ1) is 30.7. The van der Waals surface area contributed by atoms with Crippen LogP contribution in [0.25, 0.3) is 0 Å². The van der Waals surface area contributed by atoms with Crippen LogP contribution in [-0.4, -0.2) is 35.1 Å². The van der Waals surface area contributed by atoms with Gasteiger partial charge in [0.1, 0.15) is 18.0 Å². The Kier molecular flexibility index (Phi) is 10.5. The van der Waals surface area contributed by atoms with Crippen LogP contribution in [0.4, 0.5) is 4.39 Å². The maximum Gasteiger partial charge on any atom is 0.240 e. The number of benzene rings is 2. The standard InChI is InChI=1S/C36H51FN4O2/c37-30-21-15-20-29(24-30)34-32(28-18-11-4-1-2-5-12-19-28)33(39-43-34)35(42)38-31-26-41(25-27-16-9-8-10-17-27)40-36(31)22-13-6-3-7-14-23-36/h8-10,15-17,20-21,24,28,31-34,39-40H,1-7,11-14,18-19,22-23,25-26H2,(H,38,42). The average Bonchev–Trinajstić information content (AvgIpc) is 3.61. The molecule has 4 atom stereocenters. The van der Waals surface area contributed by atoms with Gasteiger partial charge in [0.25, 0.3) is 0 Å². The van der Waals surface area contributed by atoms with Gasteiger partial charge in [0.05, 0.1) is 11.6 Å². The van der Waals surface area contributed by atoms with E-state index in [4.69, 9.17) is 4.84 Å². The van der Waals surface area contributed by atoms with Crippen LogP contribution in [0.5, 0.6) is 0 Å². The van der Waals surface area contributed by atoms with Crippen molar-refractivity contribution in [1.29, 1.82) is 0 Å². The number of hydrogen-bond acceptors (Lipinski definition) is 5. The second-order valence-electron chi connectivity index (χ2n) is 13.7. The van der Waals surface area contributed by atoms with Crippen molar-refractivity contribution in [3.63, 3.8) is 0 Å². The predicted octanol–water partition coefficient (Wildman–Crippen LogP) is 7.13. The Labute approximate surface area is 257 Å². The second kappa shape index (κ2) is 14.6. The molecule has 0 aromatic heterocycles. The summed E-state index contributed by atoms with van der Waals surface area (Å²) in [6.07, 6.45) is 17.5. The molecule has 4 fully saturated rings. The largest absolute Gasteiger partial charge is 0.349 e. The summed E-state index contributed by atoms with van der Waals surface area (Å²) in [6.45, 7) is 1.59. The molecule has 2 saturated carbocycles. The van der Waals surface area contributed by atoms with Gasteiger partial charge in [-0.25, -0.2) is 14.8 Å². The minimum atomic E-state index is -0.465. The fourth-order valence-electron chi connectivity index (χ4n) is 8.43. The Morgan fingerprint density at radius 3 is 2.26 bits per heavy atom. The molecule has 0 radical (unpaired) electrons. The third-order valence-corrected chi connectivity index (χ3v) is 10.7. The van der Waals surface area contributed by atoms with Gasteiger partial charge in [-0.2, -0.15) is 5.48 Å². The maximum atomic E-state index is 14.4. The number of amides is 1. The fourth-order valence-corrected chi connectivity index (χ4v) is 8.43. The van der Waals surface area contributed by atoms with Gasteiger partial charge in [0.15, 0.2) is 0 Å². The first-order valence-electron chi connectivity index (χ1n) is 17.1. The van der Waals surface area contributed by atoms with Crippen LogP contribution >= 0.6 is 0 Å². The summed E-state index contributed by atoms with van der Waals surface area (Å²) < 4.78 is 14.4. The minimum absolute atomic E-state index is 0.0121. The van der Waals surface area contributed by atoms with Gasteiger partial charge in [-0.1, -0.05) is 113 Å². The molecule has 2 aromatic carbocycles. The third kappa shape index (κ3) is 7.50. The van der Waals surface area contributed by atoms with Gasteiger partial charge in [0.2, 0.25) is 5.91 Å². The zero-order valence-corrected chi connectivity index (χ0v) is 25.7. The molecule has 2 heterocycles. The van der Waals surface area contributed by atoms with E-state index in [1.807, 2.05) is 6.07 Å². The highest BCUT2D eigenvalue weighted by molar-refractivity contribution is 5.83. The molecule has 7 heteroatoms. The molecule has 2 aliphatic carbocycles. The molecule has 2 aliphatic heterocycles. The van der Waals surface area contributed by atoms with Crippen LogP contribution in [0.1, 0.15) is 114 Å². The highest BCUT2D eigenvalue weighted by Gasteiger charge is 2.50. The van der Waals surface area contributed by atoms with Crippen LogP contribution < -0.4 is 16.2 Å². The van der Waals surface area contributed by atoms with Gasteiger partial charge >= 0.3 is 0 Å². The normalized spacial score (nSPS) is 29.3. The Balaban J connectivity index is 1.24. The molecule has 4 aliphatic rings. The lowest BCUT2D eigenvalue weighted by atomic mass is 9.75. The van der Waals surface area contributed by atoms with E-state index in [9.17, 15) is 9.18 Å². The predicted molar refractivity (Wildman–Crippen MR) is 168 cm³/mol. The van der Waals surface area contributed by atoms with E-state index in [0.717, 1.165) is 44.3 Å². The minimum Gasteiger partial charge on any atom is -0.349 e. The van der Waals surface area contributed by atoms with Gasteiger partial charge in [-0.3, -0.25) is 9.63 Å². The lowest BCUT2D eigenvalue weighted by Crippen LogP contribution is -2.59. The quantitative estimate of drug-likeness (QED) is 0.334. The molecular formula is C36H51FN4O2. The van der Waals surface area contributed by atoms with E-state index in [1.165, 1.54) is 82.3 Å². The third-order valence-electron chi connectivity index (χ3n) is 10.7. The highest BCUT2D eigenvalue weighted by atomic mass is 19.1. The molecule has 2 aromatic rings. The summed E-state index contributed by atoms with van der Waals surface area (Å²) in [5.74, 6) is 0.0780. The summed E-state index contributed by atoms with van der Waals surface area (Å²) in [5.41, 5.74) is 9.08. The van der Waals surface area contributed by atoms with Crippen LogP contribution in [-0.2, 0) is 16.2 Å². The van der Waals surface area contributed by atoms with Crippen molar-refractivity contribution >= 4 is 5.91 Å². The molecule has 43 heavy (non-hydrogen) atoms. The number of nitrogens with zero attached hydrogens (tertiary/aromatic N) is 1. The van der Waals surface area contributed by atoms with E-state index >= 15 is 0 Å². The zero-order valence-electron chi connectivity index (χ0n) is 25.7. The molecule has 6 rings (SSSR count). The van der Waals surface area contributed by atoms with Crippen molar-refractivity contribution < 1.29 is 14.0 Å². The first-order chi connectivity index (χ1) is 21.1.